The number of methoxy groups -OCH3 is 1. The van der Waals surface area contributed by atoms with Crippen LogP contribution in [0.5, 0.6) is 0 Å². The molecule has 4 bridgehead atoms. The lowest BCUT2D eigenvalue weighted by molar-refractivity contribution is -0.233. The highest BCUT2D eigenvalue weighted by Gasteiger charge is 2.67. The van der Waals surface area contributed by atoms with E-state index >= 15 is 0 Å². The third-order valence-electron chi connectivity index (χ3n) is 21.0. The van der Waals surface area contributed by atoms with Crippen LogP contribution < -0.4 is 10.6 Å². The first-order valence-corrected chi connectivity index (χ1v) is 43.5. The summed E-state index contributed by atoms with van der Waals surface area (Å²) in [6.45, 7) is 27.5. The number of fused-ring (bicyclic) bond motifs is 9. The number of benzene rings is 1. The molecule has 42 nitrogen and oxygen atoms in total. The van der Waals surface area contributed by atoms with Gasteiger partial charge in [0, 0.05) is 33.0 Å². The van der Waals surface area contributed by atoms with Gasteiger partial charge in [-0.3, -0.25) is 4.79 Å². The van der Waals surface area contributed by atoms with Crippen molar-refractivity contribution in [2.24, 2.45) is 0 Å². The average molecular weight is 1780 g/mol. The number of hydrogen-bond donors (Lipinski definition) is 2. The largest absolute Gasteiger partial charge is 0.444 e. The Hall–Kier alpha value is -5.74. The van der Waals surface area contributed by atoms with Gasteiger partial charge in [-0.05, 0) is 74.3 Å². The molecule has 14 unspecified atom stereocenters. The summed E-state index contributed by atoms with van der Waals surface area (Å²) in [6.07, 6.45) is 2.86. The highest BCUT2D eigenvalue weighted by molar-refractivity contribution is 5.76. The summed E-state index contributed by atoms with van der Waals surface area (Å²) in [4.78, 5) is 26.9. The third-order valence-corrected chi connectivity index (χ3v) is 21.0. The van der Waals surface area contributed by atoms with Gasteiger partial charge in [0.15, 0.2) is 36.2 Å². The van der Waals surface area contributed by atoms with Gasteiger partial charge in [-0.2, -0.15) is 0 Å². The number of nitrogens with one attached hydrogen (secondary N) is 2. The van der Waals surface area contributed by atoms with E-state index in [0.29, 0.717) is 221 Å². The summed E-state index contributed by atoms with van der Waals surface area (Å²) in [5, 5.41) is 32.1. The van der Waals surface area contributed by atoms with E-state index in [0.717, 1.165) is 5.56 Å². The molecule has 8 saturated heterocycles. The number of ether oxygens (including phenoxy) is 29. The number of aromatic nitrogens is 9. The molecule has 706 valence electrons. The molecule has 3 aromatic heterocycles. The second-order valence-corrected chi connectivity index (χ2v) is 34.1. The molecule has 125 heavy (non-hydrogen) atoms. The quantitative estimate of drug-likeness (QED) is 0.0599. The summed E-state index contributed by atoms with van der Waals surface area (Å²) < 4.78 is 179. The van der Waals surface area contributed by atoms with Crippen LogP contribution in [0.4, 0.5) is 4.79 Å². The summed E-state index contributed by atoms with van der Waals surface area (Å²) in [5.41, 5.74) is -0.950. The summed E-state index contributed by atoms with van der Waals surface area (Å²) in [7, 11) is 1.62. The van der Waals surface area contributed by atoms with Crippen molar-refractivity contribution in [3.05, 3.63) is 71.6 Å². The number of carbonyl (C=O) groups excluding carboxylic acids is 2. The molecule has 12 rings (SSSR count). The zero-order valence-corrected chi connectivity index (χ0v) is 74.1. The highest BCUT2D eigenvalue weighted by atomic mass is 16.8. The fraction of sp³-hybridized carbons (Fsp3) is 0.831. The van der Waals surface area contributed by atoms with Crippen LogP contribution in [-0.4, -0.2) is 370 Å². The van der Waals surface area contributed by atoms with Crippen molar-refractivity contribution < 1.29 is 147 Å². The molecule has 8 fully saturated rings. The molecule has 8 aliphatic heterocycles. The molecule has 8 aliphatic rings. The standard InChI is InChI=1S/C83H133N11O31/c1-77(2,3)125-76(96)84-70-72-74(123-80(8,9)121-72)83(59-115-75(70)124-83)57-110-42-39-106-36-33-103-30-27-100-24-20-94-47-63(88-91-94)51-113-55-81(85-67(95)17-14-21-107-48-60-15-12-11-13-16-60,53-111-49-61-45-92(89-86-61)18-22-98-25-28-101-31-34-104-37-40-108-52-66-71-64(43-68(97-10)116-66)117-78(4,5)120-71)54-112-50-62-46-93(90-87-62)19-23-99-26-29-102-32-35-105-38-41-109-56-82-58-114-69(119-82)44-65-73(82)122-79(6,7)118-65/h11-13,15-16,45-47,64-66,68-75H,14,17-44,48-59H2,1-10H3,(H,84,96)(H,85,95). The number of amides is 2. The first-order valence-electron chi connectivity index (χ1n) is 43.5. The number of alkyl carbamates (subject to hydrolysis) is 1. The van der Waals surface area contributed by atoms with Crippen molar-refractivity contribution in [3.8, 4) is 0 Å². The second kappa shape index (κ2) is 49.0. The zero-order chi connectivity index (χ0) is 87.9. The summed E-state index contributed by atoms with van der Waals surface area (Å²) >= 11 is 0. The van der Waals surface area contributed by atoms with Gasteiger partial charge in [0.1, 0.15) is 76.0 Å². The minimum absolute atomic E-state index is 0.0305. The lowest BCUT2D eigenvalue weighted by atomic mass is 9.88. The Morgan fingerprint density at radius 2 is 0.928 bits per heavy atom. The monoisotopic (exact) mass is 1780 g/mol. The highest BCUT2D eigenvalue weighted by Crippen LogP contribution is 2.48. The topological polar surface area (TPSA) is 418 Å². The molecule has 0 radical (unpaired) electrons. The van der Waals surface area contributed by atoms with E-state index < -0.39 is 70.3 Å². The smallest absolute Gasteiger partial charge is 0.408 e. The molecule has 42 heteroatoms. The fourth-order valence-corrected chi connectivity index (χ4v) is 15.4. The van der Waals surface area contributed by atoms with Crippen LogP contribution in [0, 0.1) is 0 Å². The maximum absolute atomic E-state index is 14.2. The molecule has 0 saturated carbocycles. The number of carbonyl (C=O) groups is 2. The number of rotatable bonds is 63. The molecular formula is C83H133N11O31. The normalized spacial score (nSPS) is 26.8. The second-order valence-electron chi connectivity index (χ2n) is 34.1. The van der Waals surface area contributed by atoms with Gasteiger partial charge in [0.2, 0.25) is 5.91 Å². The number of hydrogen-bond acceptors (Lipinski definition) is 37. The number of nitrogens with zero attached hydrogens (tertiary/aromatic N) is 9. The molecule has 11 heterocycles. The van der Waals surface area contributed by atoms with E-state index in [1.807, 2.05) is 71.9 Å². The van der Waals surface area contributed by atoms with Gasteiger partial charge >= 0.3 is 6.09 Å². The molecule has 0 aliphatic carbocycles. The minimum atomic E-state index is -1.26. The van der Waals surface area contributed by atoms with Crippen LogP contribution in [0.1, 0.15) is 111 Å². The Kier molecular flexibility index (Phi) is 38.5. The van der Waals surface area contributed by atoms with Crippen LogP contribution in [0.25, 0.3) is 0 Å². The first kappa shape index (κ1) is 98.3. The zero-order valence-electron chi connectivity index (χ0n) is 74.1. The molecule has 1 aromatic carbocycles. The van der Waals surface area contributed by atoms with E-state index in [9.17, 15) is 9.59 Å². The molecule has 2 N–H and O–H groups in total. The Labute approximate surface area is 730 Å². The van der Waals surface area contributed by atoms with E-state index in [1.165, 1.54) is 0 Å². The van der Waals surface area contributed by atoms with Crippen molar-refractivity contribution in [1.82, 2.24) is 55.6 Å². The molecule has 4 aromatic rings. The van der Waals surface area contributed by atoms with E-state index in [2.05, 4.69) is 41.6 Å². The van der Waals surface area contributed by atoms with Gasteiger partial charge in [-0.25, -0.2) is 18.8 Å². The predicted octanol–water partition coefficient (Wildman–Crippen LogP) is 3.32. The molecule has 0 spiro atoms. The summed E-state index contributed by atoms with van der Waals surface area (Å²) in [6, 6.07) is 9.18. The Balaban J connectivity index is 0.555. The molecular weight excluding hydrogens is 1650 g/mol. The molecule has 2 amide bonds. The maximum Gasteiger partial charge on any atom is 0.408 e. The van der Waals surface area contributed by atoms with Crippen LogP contribution in [0.15, 0.2) is 48.9 Å². The third kappa shape index (κ3) is 31.8. The van der Waals surface area contributed by atoms with Gasteiger partial charge in [-0.1, -0.05) is 46.0 Å². The lowest BCUT2D eigenvalue weighted by Gasteiger charge is -2.42. The van der Waals surface area contributed by atoms with Crippen molar-refractivity contribution in [3.63, 3.8) is 0 Å². The van der Waals surface area contributed by atoms with Crippen LogP contribution in [-0.2, 0) is 188 Å². The van der Waals surface area contributed by atoms with E-state index in [-0.39, 0.29) is 115 Å². The van der Waals surface area contributed by atoms with Crippen molar-refractivity contribution in [1.29, 1.82) is 0 Å². The van der Waals surface area contributed by atoms with E-state index in [1.54, 1.807) is 60.5 Å². The predicted molar refractivity (Wildman–Crippen MR) is 432 cm³/mol. The van der Waals surface area contributed by atoms with Crippen molar-refractivity contribution >= 4 is 12.0 Å². The Morgan fingerprint density at radius 1 is 0.472 bits per heavy atom. The van der Waals surface area contributed by atoms with Gasteiger partial charge in [-0.15, -0.1) is 15.3 Å². The van der Waals surface area contributed by atoms with Crippen LogP contribution >= 0.6 is 0 Å². The average Bonchev–Trinajstić information content (AvgIpc) is 1.57. The molecule has 14 atom stereocenters. The van der Waals surface area contributed by atoms with Crippen LogP contribution in [0.3, 0.4) is 0 Å². The van der Waals surface area contributed by atoms with Crippen molar-refractivity contribution in [2.45, 2.75) is 241 Å². The first-order chi connectivity index (χ1) is 60.4. The van der Waals surface area contributed by atoms with E-state index in [4.69, 9.17) is 137 Å². The fourth-order valence-electron chi connectivity index (χ4n) is 15.4. The Morgan fingerprint density at radius 3 is 1.45 bits per heavy atom. The summed E-state index contributed by atoms with van der Waals surface area (Å²) in [5.74, 6) is -2.57. The van der Waals surface area contributed by atoms with Gasteiger partial charge in [0.05, 0.1) is 268 Å². The van der Waals surface area contributed by atoms with Crippen LogP contribution in [0.2, 0.25) is 0 Å². The minimum Gasteiger partial charge on any atom is -0.444 e. The SMILES string of the molecule is COC1CC2OC(C)(C)OC2C(COCCOCCOCCOCCn2cc(COCC(COCc3cn(CCOCCOCCOCCOCC45COC(CC6OC(C)(C)OC64)O5)nn3)(COCc3cn(CCOCCOCCOCCOCC45COC(O4)C(NC(=O)OC(C)(C)C)C4OC(C)(C)OC45)nn3)NC(=O)CCCOCc3ccccc3)nn2)O1. The van der Waals surface area contributed by atoms with Gasteiger partial charge in [0.25, 0.3) is 0 Å². The van der Waals surface area contributed by atoms with Crippen molar-refractivity contribution in [2.75, 3.05) is 205 Å². The van der Waals surface area contributed by atoms with Gasteiger partial charge < -0.3 is 148 Å². The lowest BCUT2D eigenvalue weighted by Crippen LogP contribution is -2.65. The maximum atomic E-state index is 14.2. The Bertz CT molecular complexity index is 3750.